The van der Waals surface area contributed by atoms with E-state index in [1.807, 2.05) is 0 Å². The Morgan fingerprint density at radius 3 is 2.70 bits per heavy atom. The van der Waals surface area contributed by atoms with E-state index < -0.39 is 10.9 Å². The molecule has 8 heteroatoms. The van der Waals surface area contributed by atoms with Gasteiger partial charge in [0.1, 0.15) is 5.75 Å². The maximum atomic E-state index is 10.8. The maximum absolute atomic E-state index is 10.8. The molecule has 0 fully saturated rings. The van der Waals surface area contributed by atoms with Crippen molar-refractivity contribution in [2.75, 3.05) is 0 Å². The van der Waals surface area contributed by atoms with Crippen molar-refractivity contribution in [1.29, 1.82) is 0 Å². The fraction of sp³-hybridized carbons (Fsp3) is 0. The van der Waals surface area contributed by atoms with Crippen LogP contribution in [0.4, 0.5) is 5.69 Å². The number of ether oxygens (including phenoxy) is 1. The standard InChI is InChI=1S/C12H7ClN2O5/c13-9-6-8(15(18)19)1-2-10(9)20-11-5-7(12(16)17)3-4-14-11/h1-6H,(H,16,17). The Hall–Kier alpha value is -2.67. The Labute approximate surface area is 117 Å². The number of non-ortho nitro benzene ring substituents is 1. The van der Waals surface area contributed by atoms with Crippen LogP contribution in [0.15, 0.2) is 36.5 Å². The number of carboxylic acids is 1. The summed E-state index contributed by atoms with van der Waals surface area (Å²) in [5.41, 5.74) is -0.164. The van der Waals surface area contributed by atoms with E-state index >= 15 is 0 Å². The van der Waals surface area contributed by atoms with E-state index in [9.17, 15) is 14.9 Å². The minimum absolute atomic E-state index is 0.00744. The predicted molar refractivity (Wildman–Crippen MR) is 69.4 cm³/mol. The molecule has 0 unspecified atom stereocenters. The number of hydrogen-bond donors (Lipinski definition) is 1. The van der Waals surface area contributed by atoms with E-state index in [-0.39, 0.29) is 27.9 Å². The number of pyridine rings is 1. The smallest absolute Gasteiger partial charge is 0.335 e. The molecular formula is C12H7ClN2O5. The molecule has 0 saturated carbocycles. The van der Waals surface area contributed by atoms with Crippen molar-refractivity contribution < 1.29 is 19.6 Å². The van der Waals surface area contributed by atoms with E-state index in [1.54, 1.807) is 0 Å². The molecule has 0 atom stereocenters. The van der Waals surface area contributed by atoms with Crippen LogP contribution in [0.2, 0.25) is 5.02 Å². The predicted octanol–water partition coefficient (Wildman–Crippen LogP) is 3.13. The third-order valence-corrected chi connectivity index (χ3v) is 2.62. The van der Waals surface area contributed by atoms with Crippen LogP contribution in [0.3, 0.4) is 0 Å². The monoisotopic (exact) mass is 294 g/mol. The van der Waals surface area contributed by atoms with Gasteiger partial charge in [-0.2, -0.15) is 0 Å². The number of hydrogen-bond acceptors (Lipinski definition) is 5. The van der Waals surface area contributed by atoms with Gasteiger partial charge >= 0.3 is 5.97 Å². The van der Waals surface area contributed by atoms with Gasteiger partial charge in [-0.15, -0.1) is 0 Å². The zero-order valence-corrected chi connectivity index (χ0v) is 10.6. The van der Waals surface area contributed by atoms with Gasteiger partial charge in [0.15, 0.2) is 0 Å². The van der Waals surface area contributed by atoms with E-state index in [0.717, 1.165) is 6.07 Å². The van der Waals surface area contributed by atoms with Crippen molar-refractivity contribution in [1.82, 2.24) is 4.98 Å². The molecule has 1 heterocycles. The molecule has 7 nitrogen and oxygen atoms in total. The maximum Gasteiger partial charge on any atom is 0.335 e. The highest BCUT2D eigenvalue weighted by molar-refractivity contribution is 6.32. The van der Waals surface area contributed by atoms with Gasteiger partial charge in [0.05, 0.1) is 15.5 Å². The van der Waals surface area contributed by atoms with Crippen LogP contribution in [-0.2, 0) is 0 Å². The van der Waals surface area contributed by atoms with Gasteiger partial charge in [-0.25, -0.2) is 9.78 Å². The molecule has 0 saturated heterocycles. The molecule has 0 amide bonds. The molecule has 1 N–H and O–H groups in total. The van der Waals surface area contributed by atoms with Crippen molar-refractivity contribution >= 4 is 23.3 Å². The number of carboxylic acid groups (broad SMARTS) is 1. The van der Waals surface area contributed by atoms with E-state index in [1.165, 1.54) is 30.5 Å². The lowest BCUT2D eigenvalue weighted by atomic mass is 10.3. The molecule has 20 heavy (non-hydrogen) atoms. The molecular weight excluding hydrogens is 288 g/mol. The fourth-order valence-corrected chi connectivity index (χ4v) is 1.61. The lowest BCUT2D eigenvalue weighted by Gasteiger charge is -2.06. The Bertz CT molecular complexity index is 689. The van der Waals surface area contributed by atoms with E-state index in [4.69, 9.17) is 21.4 Å². The molecule has 102 valence electrons. The van der Waals surface area contributed by atoms with Crippen LogP contribution in [-0.4, -0.2) is 21.0 Å². The highest BCUT2D eigenvalue weighted by Gasteiger charge is 2.12. The van der Waals surface area contributed by atoms with E-state index in [2.05, 4.69) is 4.98 Å². The largest absolute Gasteiger partial charge is 0.478 e. The first kappa shape index (κ1) is 13.8. The fourth-order valence-electron chi connectivity index (χ4n) is 1.40. The number of nitro benzene ring substituents is 1. The van der Waals surface area contributed by atoms with Crippen LogP contribution in [0, 0.1) is 10.1 Å². The second-order valence-corrected chi connectivity index (χ2v) is 4.07. The van der Waals surface area contributed by atoms with Gasteiger partial charge in [0.25, 0.3) is 5.69 Å². The van der Waals surface area contributed by atoms with Crippen LogP contribution in [0.1, 0.15) is 10.4 Å². The van der Waals surface area contributed by atoms with Crippen molar-refractivity contribution in [2.24, 2.45) is 0 Å². The van der Waals surface area contributed by atoms with Crippen LogP contribution >= 0.6 is 11.6 Å². The minimum atomic E-state index is -1.12. The first-order valence-electron chi connectivity index (χ1n) is 5.28. The molecule has 0 spiro atoms. The number of carbonyl (C=O) groups is 1. The summed E-state index contributed by atoms with van der Waals surface area (Å²) in [6, 6.07) is 6.21. The number of nitrogens with zero attached hydrogens (tertiary/aromatic N) is 2. The van der Waals surface area contributed by atoms with Crippen LogP contribution in [0.25, 0.3) is 0 Å². The Morgan fingerprint density at radius 2 is 2.10 bits per heavy atom. The highest BCUT2D eigenvalue weighted by atomic mass is 35.5. The number of aromatic carboxylic acids is 1. The summed E-state index contributed by atoms with van der Waals surface area (Å²) in [6.45, 7) is 0. The topological polar surface area (TPSA) is 103 Å². The zero-order chi connectivity index (χ0) is 14.7. The zero-order valence-electron chi connectivity index (χ0n) is 9.82. The normalized spacial score (nSPS) is 10.1. The van der Waals surface area contributed by atoms with Gasteiger partial charge in [0, 0.05) is 24.4 Å². The van der Waals surface area contributed by atoms with Gasteiger partial charge in [-0.3, -0.25) is 10.1 Å². The number of aromatic nitrogens is 1. The Kier molecular flexibility index (Phi) is 3.81. The summed E-state index contributed by atoms with van der Waals surface area (Å²) in [4.78, 5) is 24.6. The number of rotatable bonds is 4. The van der Waals surface area contributed by atoms with Crippen molar-refractivity contribution in [2.45, 2.75) is 0 Å². The second kappa shape index (κ2) is 5.54. The molecule has 2 rings (SSSR count). The van der Waals surface area contributed by atoms with Gasteiger partial charge in [0.2, 0.25) is 5.88 Å². The second-order valence-electron chi connectivity index (χ2n) is 3.66. The average molecular weight is 295 g/mol. The molecule has 0 aliphatic rings. The van der Waals surface area contributed by atoms with E-state index in [0.29, 0.717) is 0 Å². The van der Waals surface area contributed by atoms with Crippen LogP contribution < -0.4 is 4.74 Å². The quantitative estimate of drug-likeness (QED) is 0.686. The summed E-state index contributed by atoms with van der Waals surface area (Å²) >= 11 is 5.85. The molecule has 1 aromatic carbocycles. The summed E-state index contributed by atoms with van der Waals surface area (Å²) in [7, 11) is 0. The summed E-state index contributed by atoms with van der Waals surface area (Å²) < 4.78 is 5.31. The molecule has 0 aliphatic carbocycles. The minimum Gasteiger partial charge on any atom is -0.478 e. The molecule has 2 aromatic rings. The van der Waals surface area contributed by atoms with Crippen molar-refractivity contribution in [3.05, 3.63) is 57.2 Å². The average Bonchev–Trinajstić information content (AvgIpc) is 2.41. The summed E-state index contributed by atoms with van der Waals surface area (Å²) in [6.07, 6.45) is 1.28. The number of halogens is 1. The first-order valence-corrected chi connectivity index (χ1v) is 5.66. The van der Waals surface area contributed by atoms with Crippen LogP contribution in [0.5, 0.6) is 11.6 Å². The van der Waals surface area contributed by atoms with Gasteiger partial charge < -0.3 is 9.84 Å². The molecule has 0 aliphatic heterocycles. The number of nitro groups is 1. The van der Waals surface area contributed by atoms with Gasteiger partial charge in [-0.1, -0.05) is 11.6 Å². The molecule has 0 bridgehead atoms. The molecule has 1 aromatic heterocycles. The summed E-state index contributed by atoms with van der Waals surface area (Å²) in [5.74, 6) is -0.944. The van der Waals surface area contributed by atoms with Crippen molar-refractivity contribution in [3.63, 3.8) is 0 Å². The third kappa shape index (κ3) is 3.01. The lowest BCUT2D eigenvalue weighted by molar-refractivity contribution is -0.384. The highest BCUT2D eigenvalue weighted by Crippen LogP contribution is 2.31. The first-order chi connectivity index (χ1) is 9.47. The molecule has 0 radical (unpaired) electrons. The summed E-state index contributed by atoms with van der Waals surface area (Å²) in [5, 5.41) is 19.4. The third-order valence-electron chi connectivity index (χ3n) is 2.32. The Morgan fingerprint density at radius 1 is 1.35 bits per heavy atom. The number of benzene rings is 1. The lowest BCUT2D eigenvalue weighted by Crippen LogP contribution is -1.98. The Balaban J connectivity index is 2.28. The van der Waals surface area contributed by atoms with Crippen molar-refractivity contribution in [3.8, 4) is 11.6 Å². The van der Waals surface area contributed by atoms with Gasteiger partial charge in [-0.05, 0) is 12.1 Å². The SMILES string of the molecule is O=C(O)c1ccnc(Oc2ccc([N+](=O)[O-])cc2Cl)c1.